The number of aliphatic carboxylic acids is 1. The Kier molecular flexibility index (Phi) is 6.08. The second-order valence-electron chi connectivity index (χ2n) is 4.37. The zero-order valence-electron chi connectivity index (χ0n) is 11.5. The minimum atomic E-state index is -0.852. The first-order valence-electron chi connectivity index (χ1n) is 6.46. The topological polar surface area (TPSA) is 72.2 Å². The molecule has 5 nitrogen and oxygen atoms in total. The highest BCUT2D eigenvalue weighted by atomic mass is 32.2. The fourth-order valence-corrected chi connectivity index (χ4v) is 2.66. The fourth-order valence-electron chi connectivity index (χ4n) is 1.60. The van der Waals surface area contributed by atoms with Gasteiger partial charge in [-0.2, -0.15) is 0 Å². The van der Waals surface area contributed by atoms with E-state index in [1.54, 1.807) is 7.05 Å². The lowest BCUT2D eigenvalue weighted by Crippen LogP contribution is -2.23. The molecule has 0 bridgehead atoms. The fraction of sp³-hybridized carbons (Fsp3) is 0.615. The number of carboxylic acids is 1. The molecule has 0 unspecified atom stereocenters. The van der Waals surface area contributed by atoms with Crippen LogP contribution < -0.4 is 5.56 Å². The molecule has 0 fully saturated rings. The first-order valence-corrected chi connectivity index (χ1v) is 7.34. The van der Waals surface area contributed by atoms with E-state index in [9.17, 15) is 14.7 Å². The molecule has 0 saturated heterocycles. The number of aryl methyl sites for hydroxylation is 1. The Morgan fingerprint density at radius 1 is 1.53 bits per heavy atom. The van der Waals surface area contributed by atoms with Crippen LogP contribution in [-0.4, -0.2) is 25.9 Å². The van der Waals surface area contributed by atoms with Crippen LogP contribution in [0.15, 0.2) is 16.0 Å². The number of aromatic nitrogens is 2. The molecule has 0 aliphatic carbocycles. The van der Waals surface area contributed by atoms with E-state index in [1.165, 1.54) is 10.6 Å². The highest BCUT2D eigenvalue weighted by Gasteiger charge is 2.20. The molecule has 0 aromatic carbocycles. The third-order valence-corrected chi connectivity index (χ3v) is 4.15. The molecule has 106 valence electrons. The van der Waals surface area contributed by atoms with Crippen LogP contribution in [0.25, 0.3) is 0 Å². The predicted molar refractivity (Wildman–Crippen MR) is 75.7 cm³/mol. The van der Waals surface area contributed by atoms with Crippen LogP contribution in [0, 0.1) is 0 Å². The van der Waals surface area contributed by atoms with Gasteiger partial charge in [-0.15, -0.1) is 0 Å². The number of hydrogen-bond donors (Lipinski definition) is 1. The van der Waals surface area contributed by atoms with Crippen LogP contribution >= 0.6 is 11.8 Å². The summed E-state index contributed by atoms with van der Waals surface area (Å²) < 4.78 is 1.41. The molecule has 1 atom stereocenters. The average molecular weight is 284 g/mol. The molecular formula is C13H20N2O3S. The zero-order chi connectivity index (χ0) is 14.4. The van der Waals surface area contributed by atoms with Crippen molar-refractivity contribution in [3.8, 4) is 0 Å². The molecule has 0 radical (unpaired) electrons. The quantitative estimate of drug-likeness (QED) is 0.613. The van der Waals surface area contributed by atoms with Crippen LogP contribution in [0.3, 0.4) is 0 Å². The van der Waals surface area contributed by atoms with Gasteiger partial charge in [0, 0.05) is 18.8 Å². The number of thioether (sulfide) groups is 1. The molecule has 6 heteroatoms. The van der Waals surface area contributed by atoms with Gasteiger partial charge in [-0.25, -0.2) is 4.98 Å². The lowest BCUT2D eigenvalue weighted by molar-refractivity contribution is -0.136. The van der Waals surface area contributed by atoms with Gasteiger partial charge in [0.15, 0.2) is 5.16 Å². The number of rotatable bonds is 7. The molecule has 1 rings (SSSR count). The Balaban J connectivity index is 2.98. The normalized spacial score (nSPS) is 12.4. The van der Waals surface area contributed by atoms with Gasteiger partial charge in [0.2, 0.25) is 0 Å². The van der Waals surface area contributed by atoms with E-state index in [4.69, 9.17) is 0 Å². The van der Waals surface area contributed by atoms with E-state index in [1.807, 2.05) is 13.8 Å². The summed E-state index contributed by atoms with van der Waals surface area (Å²) >= 11 is 1.16. The summed E-state index contributed by atoms with van der Waals surface area (Å²) in [5.74, 6) is -0.852. The van der Waals surface area contributed by atoms with Gasteiger partial charge in [-0.05, 0) is 12.8 Å². The van der Waals surface area contributed by atoms with E-state index in [0.717, 1.165) is 24.6 Å². The maximum absolute atomic E-state index is 11.7. The molecule has 19 heavy (non-hydrogen) atoms. The van der Waals surface area contributed by atoms with E-state index in [2.05, 4.69) is 4.98 Å². The maximum Gasteiger partial charge on any atom is 0.317 e. The standard InChI is InChI=1S/C13H20N2O3S/c1-4-6-7-10(12(17)18)19-13-14-9(5-2)8-11(16)15(13)3/h8,10H,4-7H2,1-3H3,(H,17,18)/t10-/m1/s1. The van der Waals surface area contributed by atoms with Crippen molar-refractivity contribution in [3.05, 3.63) is 22.1 Å². The number of carbonyl (C=O) groups is 1. The molecule has 0 saturated carbocycles. The summed E-state index contributed by atoms with van der Waals surface area (Å²) in [6.07, 6.45) is 3.05. The molecule has 0 aliphatic rings. The monoisotopic (exact) mass is 284 g/mol. The summed E-state index contributed by atoms with van der Waals surface area (Å²) in [6, 6.07) is 1.49. The van der Waals surface area contributed by atoms with Crippen molar-refractivity contribution >= 4 is 17.7 Å². The molecule has 0 amide bonds. The summed E-state index contributed by atoms with van der Waals surface area (Å²) in [5, 5.41) is 9.14. The first kappa shape index (κ1) is 15.8. The summed E-state index contributed by atoms with van der Waals surface area (Å²) in [6.45, 7) is 3.94. The minimum Gasteiger partial charge on any atom is -0.480 e. The van der Waals surface area contributed by atoms with E-state index >= 15 is 0 Å². The Hall–Kier alpha value is -1.30. The zero-order valence-corrected chi connectivity index (χ0v) is 12.4. The maximum atomic E-state index is 11.7. The number of carboxylic acid groups (broad SMARTS) is 1. The van der Waals surface area contributed by atoms with Crippen molar-refractivity contribution in [2.45, 2.75) is 49.9 Å². The molecular weight excluding hydrogens is 264 g/mol. The summed E-state index contributed by atoms with van der Waals surface area (Å²) in [4.78, 5) is 27.3. The van der Waals surface area contributed by atoms with Crippen LogP contribution in [0.4, 0.5) is 0 Å². The molecule has 1 aromatic heterocycles. The number of unbranched alkanes of at least 4 members (excludes halogenated alkanes) is 1. The average Bonchev–Trinajstić information content (AvgIpc) is 2.38. The minimum absolute atomic E-state index is 0.144. The second kappa shape index (κ2) is 7.33. The van der Waals surface area contributed by atoms with Gasteiger partial charge in [0.25, 0.3) is 5.56 Å². The lowest BCUT2D eigenvalue weighted by atomic mass is 10.2. The van der Waals surface area contributed by atoms with Gasteiger partial charge in [0.05, 0.1) is 0 Å². The second-order valence-corrected chi connectivity index (χ2v) is 5.54. The third kappa shape index (κ3) is 4.38. The van der Waals surface area contributed by atoms with Crippen molar-refractivity contribution in [1.82, 2.24) is 9.55 Å². The van der Waals surface area contributed by atoms with Crippen molar-refractivity contribution in [3.63, 3.8) is 0 Å². The molecule has 0 aliphatic heterocycles. The van der Waals surface area contributed by atoms with Crippen molar-refractivity contribution in [2.24, 2.45) is 7.05 Å². The summed E-state index contributed by atoms with van der Waals surface area (Å²) in [5.41, 5.74) is 0.555. The van der Waals surface area contributed by atoms with Gasteiger partial charge in [0.1, 0.15) is 5.25 Å². The Bertz CT molecular complexity index is 499. The predicted octanol–water partition coefficient (Wildman–Crippen LogP) is 2.08. The highest BCUT2D eigenvalue weighted by molar-refractivity contribution is 8.00. The Morgan fingerprint density at radius 3 is 2.74 bits per heavy atom. The first-order chi connectivity index (χ1) is 8.99. The lowest BCUT2D eigenvalue weighted by Gasteiger charge is -2.13. The van der Waals surface area contributed by atoms with Gasteiger partial charge < -0.3 is 5.11 Å². The smallest absolute Gasteiger partial charge is 0.317 e. The number of nitrogens with zero attached hydrogens (tertiary/aromatic N) is 2. The van der Waals surface area contributed by atoms with Crippen molar-refractivity contribution < 1.29 is 9.90 Å². The van der Waals surface area contributed by atoms with Crippen LogP contribution in [-0.2, 0) is 18.3 Å². The molecule has 1 N–H and O–H groups in total. The van der Waals surface area contributed by atoms with E-state index in [0.29, 0.717) is 23.7 Å². The molecule has 1 aromatic rings. The van der Waals surface area contributed by atoms with Gasteiger partial charge in [-0.3, -0.25) is 14.2 Å². The van der Waals surface area contributed by atoms with Gasteiger partial charge >= 0.3 is 5.97 Å². The number of hydrogen-bond acceptors (Lipinski definition) is 4. The van der Waals surface area contributed by atoms with Crippen molar-refractivity contribution in [2.75, 3.05) is 0 Å². The van der Waals surface area contributed by atoms with Crippen molar-refractivity contribution in [1.29, 1.82) is 0 Å². The Morgan fingerprint density at radius 2 is 2.21 bits per heavy atom. The molecule has 1 heterocycles. The van der Waals surface area contributed by atoms with E-state index in [-0.39, 0.29) is 5.56 Å². The van der Waals surface area contributed by atoms with Crippen LogP contribution in [0.5, 0.6) is 0 Å². The van der Waals surface area contributed by atoms with Gasteiger partial charge in [-0.1, -0.05) is 38.5 Å². The largest absolute Gasteiger partial charge is 0.480 e. The van der Waals surface area contributed by atoms with Crippen LogP contribution in [0.1, 0.15) is 38.8 Å². The third-order valence-electron chi connectivity index (χ3n) is 2.85. The Labute approximate surface area is 117 Å². The highest BCUT2D eigenvalue weighted by Crippen LogP contribution is 2.24. The molecule has 0 spiro atoms. The SMILES string of the molecule is CCCC[C@@H](Sc1nc(CC)cc(=O)n1C)C(=O)O. The van der Waals surface area contributed by atoms with E-state index < -0.39 is 11.2 Å². The summed E-state index contributed by atoms with van der Waals surface area (Å²) in [7, 11) is 1.62. The van der Waals surface area contributed by atoms with Crippen LogP contribution in [0.2, 0.25) is 0 Å².